The molecule has 2 heterocycles. The molecule has 0 spiro atoms. The van der Waals surface area contributed by atoms with E-state index in [9.17, 15) is 30.3 Å². The SMILES string of the molecule is CC[C@H](O[C@@H]1OC[C@@H](O)[C@H](O)[C@H]1O)C(C)(C)CCCC[C@]1(C)[C@@H](O)C2=C([C@H](C)C[C@H]([C@@H](OC(C)=O)C(C)(C)O)O2)[C@@]1(C)CC. The van der Waals surface area contributed by atoms with E-state index in [2.05, 4.69) is 41.5 Å². The number of hydrogen-bond acceptors (Lipinski definition) is 10. The van der Waals surface area contributed by atoms with E-state index < -0.39 is 59.9 Å². The Morgan fingerprint density at radius 1 is 1.07 bits per heavy atom. The molecule has 10 nitrogen and oxygen atoms in total. The molecule has 1 aliphatic carbocycles. The summed E-state index contributed by atoms with van der Waals surface area (Å²) in [5, 5.41) is 53.0. The summed E-state index contributed by atoms with van der Waals surface area (Å²) in [6, 6.07) is 0. The lowest BCUT2D eigenvalue weighted by molar-refractivity contribution is -0.292. The summed E-state index contributed by atoms with van der Waals surface area (Å²) in [6.07, 6.45) is -1.84. The lowest BCUT2D eigenvalue weighted by atomic mass is 9.58. The molecule has 0 unspecified atom stereocenters. The zero-order chi connectivity index (χ0) is 33.4. The summed E-state index contributed by atoms with van der Waals surface area (Å²) >= 11 is 0. The molecule has 10 heteroatoms. The molecule has 0 saturated carbocycles. The van der Waals surface area contributed by atoms with Crippen molar-refractivity contribution in [2.24, 2.45) is 22.2 Å². The van der Waals surface area contributed by atoms with Crippen LogP contribution < -0.4 is 0 Å². The van der Waals surface area contributed by atoms with Crippen molar-refractivity contribution in [3.63, 3.8) is 0 Å². The van der Waals surface area contributed by atoms with Crippen LogP contribution >= 0.6 is 0 Å². The second-order valence-corrected chi connectivity index (χ2v) is 15.2. The fraction of sp³-hybridized carbons (Fsp3) is 0.912. The number of ether oxygens (including phenoxy) is 4. The normalized spacial score (nSPS) is 37.8. The van der Waals surface area contributed by atoms with Crippen molar-refractivity contribution in [1.82, 2.24) is 0 Å². The van der Waals surface area contributed by atoms with Gasteiger partial charge < -0.3 is 44.5 Å². The third-order valence-electron chi connectivity index (χ3n) is 11.1. The van der Waals surface area contributed by atoms with Crippen LogP contribution in [0, 0.1) is 22.2 Å². The molecule has 0 bridgehead atoms. The standard InChI is InChI=1S/C34H60O10/c1-11-23(44-30-26(38)25(37)21(36)18-41-30)31(5,6)15-13-14-16-34(10)28(39)27-24(33(34,9)12-2)19(3)17-22(43-27)29(32(7,8)40)42-20(4)35/h19,21-23,25-26,28-30,36-40H,11-18H2,1-10H3/t19-,21-,22-,23+,25+,26-,28+,29-,30+,33-,34-/m1/s1. The molecule has 0 aromatic carbocycles. The number of aliphatic hydroxyl groups is 5. The molecule has 3 aliphatic rings. The van der Waals surface area contributed by atoms with Crippen molar-refractivity contribution < 1.29 is 49.3 Å². The lowest BCUT2D eigenvalue weighted by Crippen LogP contribution is -2.55. The predicted octanol–water partition coefficient (Wildman–Crippen LogP) is 3.99. The zero-order valence-electron chi connectivity index (χ0n) is 28.6. The average molecular weight is 629 g/mol. The fourth-order valence-electron chi connectivity index (χ4n) is 8.08. The Labute approximate surface area is 264 Å². The van der Waals surface area contributed by atoms with Crippen LogP contribution in [0.2, 0.25) is 0 Å². The zero-order valence-corrected chi connectivity index (χ0v) is 28.6. The van der Waals surface area contributed by atoms with Crippen molar-refractivity contribution in [2.75, 3.05) is 6.61 Å². The molecule has 5 N–H and O–H groups in total. The van der Waals surface area contributed by atoms with Crippen molar-refractivity contribution in [2.45, 2.75) is 169 Å². The maximum Gasteiger partial charge on any atom is 0.303 e. The fourth-order valence-corrected chi connectivity index (χ4v) is 8.08. The van der Waals surface area contributed by atoms with Crippen molar-refractivity contribution >= 4 is 5.97 Å². The van der Waals surface area contributed by atoms with Gasteiger partial charge in [-0.3, -0.25) is 4.79 Å². The Balaban J connectivity index is 1.70. The van der Waals surface area contributed by atoms with Crippen molar-refractivity contribution in [3.05, 3.63) is 11.3 Å². The van der Waals surface area contributed by atoms with Gasteiger partial charge in [0.1, 0.15) is 36.3 Å². The molecular weight excluding hydrogens is 568 g/mol. The van der Waals surface area contributed by atoms with Crippen LogP contribution in [0.1, 0.15) is 114 Å². The number of esters is 1. The van der Waals surface area contributed by atoms with E-state index in [-0.39, 0.29) is 29.5 Å². The third kappa shape index (κ3) is 7.16. The van der Waals surface area contributed by atoms with E-state index in [1.165, 1.54) is 6.92 Å². The van der Waals surface area contributed by atoms with Crippen molar-refractivity contribution in [1.29, 1.82) is 0 Å². The first-order valence-electron chi connectivity index (χ1n) is 16.5. The summed E-state index contributed by atoms with van der Waals surface area (Å²) in [7, 11) is 0. The Hall–Kier alpha value is -1.27. The van der Waals surface area contributed by atoms with Gasteiger partial charge in [0.25, 0.3) is 0 Å². The number of rotatable bonds is 13. The summed E-state index contributed by atoms with van der Waals surface area (Å²) in [5.74, 6) is 0.157. The van der Waals surface area contributed by atoms with Gasteiger partial charge in [-0.1, -0.05) is 61.3 Å². The smallest absolute Gasteiger partial charge is 0.303 e. The quantitative estimate of drug-likeness (QED) is 0.149. The van der Waals surface area contributed by atoms with E-state index in [0.717, 1.165) is 37.7 Å². The van der Waals surface area contributed by atoms with Crippen molar-refractivity contribution in [3.8, 4) is 0 Å². The van der Waals surface area contributed by atoms with Crippen LogP contribution in [-0.2, 0) is 23.7 Å². The molecule has 44 heavy (non-hydrogen) atoms. The molecule has 256 valence electrons. The van der Waals surface area contributed by atoms with Crippen LogP contribution in [-0.4, -0.2) is 92.7 Å². The van der Waals surface area contributed by atoms with Gasteiger partial charge >= 0.3 is 5.97 Å². The molecule has 1 fully saturated rings. The van der Waals surface area contributed by atoms with Gasteiger partial charge in [-0.25, -0.2) is 0 Å². The predicted molar refractivity (Wildman–Crippen MR) is 165 cm³/mol. The summed E-state index contributed by atoms with van der Waals surface area (Å²) in [5.41, 5.74) is -1.23. The van der Waals surface area contributed by atoms with Gasteiger partial charge in [0, 0.05) is 17.8 Å². The van der Waals surface area contributed by atoms with Crippen LogP contribution in [0.3, 0.4) is 0 Å². The van der Waals surface area contributed by atoms with Crippen LogP contribution in [0.25, 0.3) is 0 Å². The Kier molecular flexibility index (Phi) is 11.7. The molecule has 0 amide bonds. The van der Waals surface area contributed by atoms with E-state index in [1.54, 1.807) is 13.8 Å². The molecule has 0 aromatic rings. The highest BCUT2D eigenvalue weighted by atomic mass is 16.7. The maximum atomic E-state index is 11.9. The summed E-state index contributed by atoms with van der Waals surface area (Å²) < 4.78 is 23.7. The molecule has 0 radical (unpaired) electrons. The highest BCUT2D eigenvalue weighted by Gasteiger charge is 2.61. The van der Waals surface area contributed by atoms with Gasteiger partial charge in [-0.15, -0.1) is 0 Å². The highest BCUT2D eigenvalue weighted by Crippen LogP contribution is 2.64. The first kappa shape index (κ1) is 37.2. The second-order valence-electron chi connectivity index (χ2n) is 15.2. The Morgan fingerprint density at radius 3 is 2.25 bits per heavy atom. The minimum atomic E-state index is -1.32. The number of carbonyl (C=O) groups is 1. The summed E-state index contributed by atoms with van der Waals surface area (Å²) in [6.45, 7) is 19.4. The first-order valence-corrected chi connectivity index (χ1v) is 16.5. The number of unbranched alkanes of at least 4 members (excludes halogenated alkanes) is 1. The minimum absolute atomic E-state index is 0.0731. The van der Waals surface area contributed by atoms with E-state index in [4.69, 9.17) is 18.9 Å². The summed E-state index contributed by atoms with van der Waals surface area (Å²) in [4.78, 5) is 11.9. The molecule has 1 saturated heterocycles. The van der Waals surface area contributed by atoms with Gasteiger partial charge in [0.15, 0.2) is 12.4 Å². The first-order chi connectivity index (χ1) is 20.2. The third-order valence-corrected chi connectivity index (χ3v) is 11.1. The van der Waals surface area contributed by atoms with E-state index in [0.29, 0.717) is 18.6 Å². The lowest BCUT2D eigenvalue weighted by Gasteiger charge is -2.46. The van der Waals surface area contributed by atoms with Gasteiger partial charge in [0.2, 0.25) is 0 Å². The molecule has 0 aromatic heterocycles. The van der Waals surface area contributed by atoms with Gasteiger partial charge in [0.05, 0.1) is 18.3 Å². The topological polar surface area (TPSA) is 155 Å². The molecule has 11 atom stereocenters. The number of allylic oxidation sites excluding steroid dienone is 1. The number of aliphatic hydroxyl groups excluding tert-OH is 4. The largest absolute Gasteiger partial charge is 0.488 e. The molecule has 3 rings (SSSR count). The van der Waals surface area contributed by atoms with Gasteiger partial charge in [-0.2, -0.15) is 0 Å². The maximum absolute atomic E-state index is 11.9. The molecule has 2 aliphatic heterocycles. The van der Waals surface area contributed by atoms with Crippen LogP contribution in [0.15, 0.2) is 11.3 Å². The average Bonchev–Trinajstić information content (AvgIpc) is 3.10. The van der Waals surface area contributed by atoms with Gasteiger partial charge in [-0.05, 0) is 62.9 Å². The van der Waals surface area contributed by atoms with E-state index >= 15 is 0 Å². The molecular formula is C34H60O10. The number of hydrogen-bond donors (Lipinski definition) is 5. The van der Waals surface area contributed by atoms with Crippen LogP contribution in [0.4, 0.5) is 0 Å². The van der Waals surface area contributed by atoms with E-state index in [1.807, 2.05) is 6.92 Å². The minimum Gasteiger partial charge on any atom is -0.488 e. The van der Waals surface area contributed by atoms with Crippen LogP contribution in [0.5, 0.6) is 0 Å². The monoisotopic (exact) mass is 628 g/mol. The number of carbonyl (C=O) groups excluding carboxylic acids is 1. The Morgan fingerprint density at radius 2 is 1.70 bits per heavy atom. The highest BCUT2D eigenvalue weighted by molar-refractivity contribution is 5.66. The second kappa shape index (κ2) is 13.8. The Bertz CT molecular complexity index is 1020.